The Morgan fingerprint density at radius 1 is 1.07 bits per heavy atom. The van der Waals surface area contributed by atoms with Gasteiger partial charge in [0.25, 0.3) is 5.91 Å². The zero-order valence-corrected chi connectivity index (χ0v) is 16.8. The molecule has 3 atom stereocenters. The lowest BCUT2D eigenvalue weighted by Crippen LogP contribution is -2.27. The first kappa shape index (κ1) is 18.8. The minimum atomic E-state index is -0.141. The first-order valence-corrected chi connectivity index (χ1v) is 10.4. The predicted octanol–water partition coefficient (Wildman–Crippen LogP) is 6.11. The molecule has 4 rings (SSSR count). The molecule has 0 radical (unpaired) electrons. The Morgan fingerprint density at radius 3 is 2.64 bits per heavy atom. The van der Waals surface area contributed by atoms with Gasteiger partial charge in [-0.3, -0.25) is 4.79 Å². The Balaban J connectivity index is 1.49. The molecule has 0 aliphatic heterocycles. The summed E-state index contributed by atoms with van der Waals surface area (Å²) in [6.07, 6.45) is 11.5. The molecule has 1 amide bonds. The number of carbonyl (C=O) groups excluding carboxylic acids is 1. The maximum atomic E-state index is 12.7. The lowest BCUT2D eigenvalue weighted by molar-refractivity contribution is 0.102. The standard InChI is InChI=1S/C25H29NO2/c1-17-7-5-12-23(24(17)28-2)25(27)26-20-15-13-19(14-16-20)22-11-6-9-18-8-3-4-10-21(18)22/h5-7,11-16,18,21-22H,3-4,8-10H2,1-2H3,(H,26,27). The summed E-state index contributed by atoms with van der Waals surface area (Å²) in [5, 5.41) is 3.01. The molecule has 0 aromatic heterocycles. The molecule has 1 saturated carbocycles. The van der Waals surface area contributed by atoms with Crippen molar-refractivity contribution >= 4 is 11.6 Å². The molecule has 3 nitrogen and oxygen atoms in total. The summed E-state index contributed by atoms with van der Waals surface area (Å²) in [5.41, 5.74) is 3.69. The third kappa shape index (κ3) is 3.71. The van der Waals surface area contributed by atoms with Gasteiger partial charge in [-0.1, -0.05) is 49.3 Å². The molecule has 0 spiro atoms. The number of allylic oxidation sites excluding steroid dienone is 2. The molecular weight excluding hydrogens is 346 g/mol. The summed E-state index contributed by atoms with van der Waals surface area (Å²) in [6.45, 7) is 1.95. The zero-order valence-electron chi connectivity index (χ0n) is 16.8. The van der Waals surface area contributed by atoms with Gasteiger partial charge in [-0.05, 0) is 67.3 Å². The van der Waals surface area contributed by atoms with Gasteiger partial charge in [-0.2, -0.15) is 0 Å². The van der Waals surface area contributed by atoms with Crippen LogP contribution in [0.4, 0.5) is 5.69 Å². The monoisotopic (exact) mass is 375 g/mol. The van der Waals surface area contributed by atoms with Gasteiger partial charge >= 0.3 is 0 Å². The molecule has 2 aromatic carbocycles. The lowest BCUT2D eigenvalue weighted by Gasteiger charge is -2.38. The molecule has 3 heteroatoms. The molecule has 1 N–H and O–H groups in total. The highest BCUT2D eigenvalue weighted by Gasteiger charge is 2.32. The Bertz CT molecular complexity index is 869. The molecule has 2 aliphatic carbocycles. The van der Waals surface area contributed by atoms with Crippen LogP contribution in [0.15, 0.2) is 54.6 Å². The predicted molar refractivity (Wildman–Crippen MR) is 114 cm³/mol. The van der Waals surface area contributed by atoms with Crippen molar-refractivity contribution in [3.63, 3.8) is 0 Å². The van der Waals surface area contributed by atoms with Gasteiger partial charge in [-0.25, -0.2) is 0 Å². The first-order valence-electron chi connectivity index (χ1n) is 10.4. The van der Waals surface area contributed by atoms with E-state index in [1.807, 2.05) is 31.2 Å². The van der Waals surface area contributed by atoms with E-state index in [1.54, 1.807) is 13.2 Å². The Kier molecular flexibility index (Phi) is 5.52. The highest BCUT2D eigenvalue weighted by atomic mass is 16.5. The summed E-state index contributed by atoms with van der Waals surface area (Å²) in [5.74, 6) is 2.62. The fraction of sp³-hybridized carbons (Fsp3) is 0.400. The number of aryl methyl sites for hydroxylation is 1. The first-order chi connectivity index (χ1) is 13.7. The number of hydrogen-bond donors (Lipinski definition) is 1. The van der Waals surface area contributed by atoms with Crippen LogP contribution >= 0.6 is 0 Å². The molecule has 0 bridgehead atoms. The maximum Gasteiger partial charge on any atom is 0.259 e. The molecule has 0 saturated heterocycles. The number of ether oxygens (including phenoxy) is 1. The number of rotatable bonds is 4. The SMILES string of the molecule is COc1c(C)cccc1C(=O)Nc1ccc(C2C=CCC3CCCCC32)cc1. The normalized spacial score (nSPS) is 23.7. The minimum Gasteiger partial charge on any atom is -0.496 e. The molecule has 2 aliphatic rings. The Labute approximate surface area is 167 Å². The van der Waals surface area contributed by atoms with Crippen molar-refractivity contribution in [3.8, 4) is 5.75 Å². The van der Waals surface area contributed by atoms with Crippen molar-refractivity contribution in [2.45, 2.75) is 44.9 Å². The summed E-state index contributed by atoms with van der Waals surface area (Å²) >= 11 is 0. The van der Waals surface area contributed by atoms with Crippen LogP contribution in [0.5, 0.6) is 5.75 Å². The quantitative estimate of drug-likeness (QED) is 0.655. The number of benzene rings is 2. The van der Waals surface area contributed by atoms with Crippen LogP contribution in [0.1, 0.15) is 59.5 Å². The van der Waals surface area contributed by atoms with Crippen molar-refractivity contribution in [1.82, 2.24) is 0 Å². The highest BCUT2D eigenvalue weighted by molar-refractivity contribution is 6.06. The van der Waals surface area contributed by atoms with Crippen molar-refractivity contribution in [2.24, 2.45) is 11.8 Å². The fourth-order valence-corrected chi connectivity index (χ4v) is 4.99. The van der Waals surface area contributed by atoms with E-state index in [4.69, 9.17) is 4.74 Å². The van der Waals surface area contributed by atoms with E-state index in [-0.39, 0.29) is 5.91 Å². The average Bonchev–Trinajstić information content (AvgIpc) is 2.73. The molecular formula is C25H29NO2. The van der Waals surface area contributed by atoms with E-state index in [9.17, 15) is 4.79 Å². The van der Waals surface area contributed by atoms with Crippen LogP contribution < -0.4 is 10.1 Å². The number of hydrogen-bond acceptors (Lipinski definition) is 2. The van der Waals surface area contributed by atoms with Crippen molar-refractivity contribution in [2.75, 3.05) is 12.4 Å². The van der Waals surface area contributed by atoms with Crippen LogP contribution in [0, 0.1) is 18.8 Å². The van der Waals surface area contributed by atoms with E-state index in [0.29, 0.717) is 17.2 Å². The number of para-hydroxylation sites is 1. The minimum absolute atomic E-state index is 0.141. The fourth-order valence-electron chi connectivity index (χ4n) is 4.99. The molecule has 146 valence electrons. The number of amides is 1. The summed E-state index contributed by atoms with van der Waals surface area (Å²) < 4.78 is 5.42. The van der Waals surface area contributed by atoms with Gasteiger partial charge in [-0.15, -0.1) is 0 Å². The number of methoxy groups -OCH3 is 1. The highest BCUT2D eigenvalue weighted by Crippen LogP contribution is 2.45. The smallest absolute Gasteiger partial charge is 0.259 e. The van der Waals surface area contributed by atoms with Gasteiger partial charge in [0, 0.05) is 11.6 Å². The Morgan fingerprint density at radius 2 is 1.86 bits per heavy atom. The van der Waals surface area contributed by atoms with Gasteiger partial charge < -0.3 is 10.1 Å². The second kappa shape index (κ2) is 8.22. The zero-order chi connectivity index (χ0) is 19.5. The molecule has 2 aromatic rings. The van der Waals surface area contributed by atoms with Crippen LogP contribution in [0.25, 0.3) is 0 Å². The second-order valence-corrected chi connectivity index (χ2v) is 8.13. The van der Waals surface area contributed by atoms with Gasteiger partial charge in [0.05, 0.1) is 12.7 Å². The largest absolute Gasteiger partial charge is 0.496 e. The van der Waals surface area contributed by atoms with Gasteiger partial charge in [0.1, 0.15) is 5.75 Å². The van der Waals surface area contributed by atoms with E-state index < -0.39 is 0 Å². The van der Waals surface area contributed by atoms with Crippen LogP contribution in [-0.2, 0) is 0 Å². The van der Waals surface area contributed by atoms with Gasteiger partial charge in [0.2, 0.25) is 0 Å². The van der Waals surface area contributed by atoms with Crippen LogP contribution in [0.3, 0.4) is 0 Å². The molecule has 0 heterocycles. The van der Waals surface area contributed by atoms with Crippen LogP contribution in [0.2, 0.25) is 0 Å². The van der Waals surface area contributed by atoms with Crippen molar-refractivity contribution in [3.05, 3.63) is 71.3 Å². The number of nitrogens with one attached hydrogen (secondary N) is 1. The number of fused-ring (bicyclic) bond motifs is 1. The molecule has 28 heavy (non-hydrogen) atoms. The third-order valence-corrected chi connectivity index (χ3v) is 6.43. The molecule has 3 unspecified atom stereocenters. The summed E-state index contributed by atoms with van der Waals surface area (Å²) in [6, 6.07) is 14.0. The van der Waals surface area contributed by atoms with Crippen molar-refractivity contribution < 1.29 is 9.53 Å². The van der Waals surface area contributed by atoms with E-state index >= 15 is 0 Å². The van der Waals surface area contributed by atoms with Crippen LogP contribution in [-0.4, -0.2) is 13.0 Å². The third-order valence-electron chi connectivity index (χ3n) is 6.43. The average molecular weight is 376 g/mol. The number of anilines is 1. The maximum absolute atomic E-state index is 12.7. The molecule has 1 fully saturated rings. The topological polar surface area (TPSA) is 38.3 Å². The lowest BCUT2D eigenvalue weighted by atomic mass is 9.66. The van der Waals surface area contributed by atoms with E-state index in [1.165, 1.54) is 37.7 Å². The van der Waals surface area contributed by atoms with E-state index in [2.05, 4.69) is 29.6 Å². The number of carbonyl (C=O) groups is 1. The van der Waals surface area contributed by atoms with Gasteiger partial charge in [0.15, 0.2) is 0 Å². The van der Waals surface area contributed by atoms with E-state index in [0.717, 1.165) is 23.1 Å². The summed E-state index contributed by atoms with van der Waals surface area (Å²) in [4.78, 5) is 12.7. The summed E-state index contributed by atoms with van der Waals surface area (Å²) in [7, 11) is 1.60. The van der Waals surface area contributed by atoms with Crippen molar-refractivity contribution in [1.29, 1.82) is 0 Å². The second-order valence-electron chi connectivity index (χ2n) is 8.13. The Hall–Kier alpha value is -2.55.